The highest BCUT2D eigenvalue weighted by atomic mass is 35.5. The van der Waals surface area contributed by atoms with Crippen molar-refractivity contribution in [1.29, 1.82) is 0 Å². The SMILES string of the molecule is ClCCOc1ccc2nc(C3=NCCS3)sc2c1. The van der Waals surface area contributed by atoms with Gasteiger partial charge in [-0.05, 0) is 18.2 Å². The predicted molar refractivity (Wildman–Crippen MR) is 79.7 cm³/mol. The molecule has 0 amide bonds. The summed E-state index contributed by atoms with van der Waals surface area (Å²) in [6, 6.07) is 5.93. The Hall–Kier alpha value is -0.780. The van der Waals surface area contributed by atoms with Crippen LogP contribution < -0.4 is 4.74 Å². The summed E-state index contributed by atoms with van der Waals surface area (Å²) in [4.78, 5) is 9.05. The molecule has 2 aromatic rings. The first-order chi connectivity index (χ1) is 8.86. The molecule has 3 nitrogen and oxygen atoms in total. The van der Waals surface area contributed by atoms with E-state index in [1.807, 2.05) is 18.2 Å². The molecule has 94 valence electrons. The standard InChI is InChI=1S/C12H11ClN2OS2/c13-3-5-16-8-1-2-9-10(7-8)18-12(15-9)11-14-4-6-17-11/h1-2,7H,3-6H2. The quantitative estimate of drug-likeness (QED) is 0.811. The van der Waals surface area contributed by atoms with Crippen LogP contribution in [0.5, 0.6) is 5.75 Å². The van der Waals surface area contributed by atoms with E-state index in [1.54, 1.807) is 23.1 Å². The molecule has 0 N–H and O–H groups in total. The van der Waals surface area contributed by atoms with Gasteiger partial charge in [-0.15, -0.1) is 34.7 Å². The van der Waals surface area contributed by atoms with Crippen molar-refractivity contribution < 1.29 is 4.74 Å². The molecule has 2 heterocycles. The fraction of sp³-hybridized carbons (Fsp3) is 0.333. The number of alkyl halides is 1. The molecule has 6 heteroatoms. The van der Waals surface area contributed by atoms with Gasteiger partial charge >= 0.3 is 0 Å². The number of nitrogens with zero attached hydrogens (tertiary/aromatic N) is 2. The monoisotopic (exact) mass is 298 g/mol. The van der Waals surface area contributed by atoms with Crippen molar-refractivity contribution >= 4 is 50.0 Å². The van der Waals surface area contributed by atoms with Crippen LogP contribution in [0.4, 0.5) is 0 Å². The van der Waals surface area contributed by atoms with Crippen LogP contribution in [0.15, 0.2) is 23.2 Å². The van der Waals surface area contributed by atoms with Gasteiger partial charge in [0.15, 0.2) is 0 Å². The fourth-order valence-corrected chi connectivity index (χ4v) is 3.71. The Bertz CT molecular complexity index is 597. The molecule has 1 aliphatic heterocycles. The van der Waals surface area contributed by atoms with Crippen LogP contribution in [0.1, 0.15) is 5.01 Å². The first-order valence-electron chi connectivity index (χ1n) is 5.64. The zero-order valence-electron chi connectivity index (χ0n) is 9.56. The molecule has 0 spiro atoms. The summed E-state index contributed by atoms with van der Waals surface area (Å²) < 4.78 is 6.64. The number of fused-ring (bicyclic) bond motifs is 1. The lowest BCUT2D eigenvalue weighted by Gasteiger charge is -2.02. The molecule has 18 heavy (non-hydrogen) atoms. The molecule has 1 aliphatic rings. The number of ether oxygens (including phenoxy) is 1. The van der Waals surface area contributed by atoms with Gasteiger partial charge in [0.25, 0.3) is 0 Å². The van der Waals surface area contributed by atoms with Gasteiger partial charge < -0.3 is 4.74 Å². The molecule has 0 aliphatic carbocycles. The van der Waals surface area contributed by atoms with Gasteiger partial charge in [-0.1, -0.05) is 0 Å². The molecule has 3 rings (SSSR count). The van der Waals surface area contributed by atoms with E-state index in [-0.39, 0.29) is 0 Å². The first kappa shape index (κ1) is 12.3. The van der Waals surface area contributed by atoms with Gasteiger partial charge in [-0.3, -0.25) is 4.99 Å². The van der Waals surface area contributed by atoms with E-state index in [4.69, 9.17) is 16.3 Å². The molecule has 0 saturated carbocycles. The summed E-state index contributed by atoms with van der Waals surface area (Å²) >= 11 is 9.05. The van der Waals surface area contributed by atoms with Gasteiger partial charge in [0, 0.05) is 12.3 Å². The minimum absolute atomic E-state index is 0.499. The third kappa shape index (κ3) is 2.48. The summed E-state index contributed by atoms with van der Waals surface area (Å²) in [7, 11) is 0. The summed E-state index contributed by atoms with van der Waals surface area (Å²) in [6.07, 6.45) is 0. The van der Waals surface area contributed by atoms with E-state index in [9.17, 15) is 0 Å². The van der Waals surface area contributed by atoms with Gasteiger partial charge in [0.1, 0.15) is 22.4 Å². The van der Waals surface area contributed by atoms with Crippen LogP contribution in [0.25, 0.3) is 10.2 Å². The minimum atomic E-state index is 0.499. The predicted octanol–water partition coefficient (Wildman–Crippen LogP) is 3.41. The Morgan fingerprint density at radius 3 is 3.11 bits per heavy atom. The Morgan fingerprint density at radius 2 is 2.33 bits per heavy atom. The van der Waals surface area contributed by atoms with Gasteiger partial charge in [-0.2, -0.15) is 0 Å². The van der Waals surface area contributed by atoms with Gasteiger partial charge in [0.05, 0.1) is 16.1 Å². The highest BCUT2D eigenvalue weighted by molar-refractivity contribution is 8.15. The first-order valence-corrected chi connectivity index (χ1v) is 7.97. The lowest BCUT2D eigenvalue weighted by molar-refractivity contribution is 0.343. The summed E-state index contributed by atoms with van der Waals surface area (Å²) in [5.74, 6) is 2.41. The number of aliphatic imine (C=N–C) groups is 1. The molecule has 0 bridgehead atoms. The van der Waals surface area contributed by atoms with Crippen LogP contribution in [-0.4, -0.2) is 34.8 Å². The Labute approximate surface area is 118 Å². The maximum atomic E-state index is 5.61. The van der Waals surface area contributed by atoms with Crippen LogP contribution in [0.2, 0.25) is 0 Å². The van der Waals surface area contributed by atoms with Gasteiger partial charge in [-0.25, -0.2) is 4.98 Å². The number of thioether (sulfide) groups is 1. The molecule has 1 aromatic heterocycles. The normalized spacial score (nSPS) is 15.1. The lowest BCUT2D eigenvalue weighted by Crippen LogP contribution is -1.97. The third-order valence-corrected chi connectivity index (χ3v) is 4.77. The van der Waals surface area contributed by atoms with E-state index >= 15 is 0 Å². The maximum Gasteiger partial charge on any atom is 0.149 e. The molecule has 0 unspecified atom stereocenters. The number of halogens is 1. The van der Waals surface area contributed by atoms with Crippen molar-refractivity contribution in [2.75, 3.05) is 24.8 Å². The van der Waals surface area contributed by atoms with Crippen molar-refractivity contribution in [3.05, 3.63) is 23.2 Å². The second-order valence-corrected chi connectivity index (χ2v) is 6.21. The largest absolute Gasteiger partial charge is 0.492 e. The molecule has 0 radical (unpaired) electrons. The number of thiazole rings is 1. The van der Waals surface area contributed by atoms with E-state index in [1.165, 1.54) is 0 Å². The second-order valence-electron chi connectivity index (χ2n) is 3.72. The maximum absolute atomic E-state index is 5.61. The Kier molecular flexibility index (Phi) is 3.72. The van der Waals surface area contributed by atoms with Crippen molar-refractivity contribution in [3.8, 4) is 5.75 Å². The Morgan fingerprint density at radius 1 is 1.39 bits per heavy atom. The minimum Gasteiger partial charge on any atom is -0.492 e. The van der Waals surface area contributed by atoms with Crippen molar-refractivity contribution in [1.82, 2.24) is 4.98 Å². The van der Waals surface area contributed by atoms with Crippen LogP contribution in [0.3, 0.4) is 0 Å². The van der Waals surface area contributed by atoms with Crippen LogP contribution in [-0.2, 0) is 0 Å². The van der Waals surface area contributed by atoms with Crippen LogP contribution in [0, 0.1) is 0 Å². The molecule has 0 saturated heterocycles. The second kappa shape index (κ2) is 5.47. The highest BCUT2D eigenvalue weighted by Gasteiger charge is 2.14. The average Bonchev–Trinajstić information content (AvgIpc) is 3.03. The van der Waals surface area contributed by atoms with Crippen molar-refractivity contribution in [2.24, 2.45) is 4.99 Å². The molecule has 0 fully saturated rings. The molecule has 0 atom stereocenters. The zero-order chi connectivity index (χ0) is 12.4. The molecular weight excluding hydrogens is 288 g/mol. The van der Waals surface area contributed by atoms with E-state index in [2.05, 4.69) is 9.98 Å². The van der Waals surface area contributed by atoms with Gasteiger partial charge in [0.2, 0.25) is 0 Å². The topological polar surface area (TPSA) is 34.5 Å². The smallest absolute Gasteiger partial charge is 0.149 e. The number of aromatic nitrogens is 1. The fourth-order valence-electron chi connectivity index (χ4n) is 1.71. The van der Waals surface area contributed by atoms with E-state index in [0.717, 1.165) is 38.3 Å². The average molecular weight is 299 g/mol. The lowest BCUT2D eigenvalue weighted by atomic mass is 10.3. The number of hydrogen-bond donors (Lipinski definition) is 0. The van der Waals surface area contributed by atoms with E-state index in [0.29, 0.717) is 12.5 Å². The number of rotatable bonds is 4. The van der Waals surface area contributed by atoms with Crippen LogP contribution >= 0.6 is 34.7 Å². The molecule has 1 aromatic carbocycles. The van der Waals surface area contributed by atoms with E-state index < -0.39 is 0 Å². The zero-order valence-corrected chi connectivity index (χ0v) is 11.9. The summed E-state index contributed by atoms with van der Waals surface area (Å²) in [5.41, 5.74) is 1.00. The van der Waals surface area contributed by atoms with Crippen molar-refractivity contribution in [3.63, 3.8) is 0 Å². The number of benzene rings is 1. The third-order valence-electron chi connectivity index (χ3n) is 2.47. The summed E-state index contributed by atoms with van der Waals surface area (Å²) in [5, 5.41) is 2.08. The Balaban J connectivity index is 1.91. The number of hydrogen-bond acceptors (Lipinski definition) is 5. The van der Waals surface area contributed by atoms with Crippen molar-refractivity contribution in [2.45, 2.75) is 0 Å². The summed E-state index contributed by atoms with van der Waals surface area (Å²) in [6.45, 7) is 1.43. The highest BCUT2D eigenvalue weighted by Crippen LogP contribution is 2.30. The molecular formula is C12H11ClN2OS2.